The Labute approximate surface area is 199 Å². The highest BCUT2D eigenvalue weighted by Gasteiger charge is 2.15. The molecule has 0 bridgehead atoms. The summed E-state index contributed by atoms with van der Waals surface area (Å²) in [4.78, 5) is 25.1. The summed E-state index contributed by atoms with van der Waals surface area (Å²) in [6, 6.07) is 23.5. The summed E-state index contributed by atoms with van der Waals surface area (Å²) in [5.41, 5.74) is 2.54. The molecular formula is C24H19ClN4O3S. The van der Waals surface area contributed by atoms with E-state index >= 15 is 0 Å². The number of anilines is 1. The minimum Gasteiger partial charge on any atom is -0.411 e. The van der Waals surface area contributed by atoms with Gasteiger partial charge in [0.25, 0.3) is 11.1 Å². The molecule has 3 aromatic carbocycles. The molecule has 9 heteroatoms. The molecule has 1 aromatic heterocycles. The topological polar surface area (TPSA) is 97.1 Å². The van der Waals surface area contributed by atoms with Gasteiger partial charge < -0.3 is 15.1 Å². The van der Waals surface area contributed by atoms with Crippen molar-refractivity contribution < 1.29 is 14.0 Å². The maximum Gasteiger partial charge on any atom is 0.277 e. The molecule has 0 saturated heterocycles. The lowest BCUT2D eigenvalue weighted by molar-refractivity contribution is -0.113. The zero-order chi connectivity index (χ0) is 23.0. The Kier molecular flexibility index (Phi) is 7.39. The number of para-hydroxylation sites is 1. The van der Waals surface area contributed by atoms with Gasteiger partial charge in [-0.2, -0.15) is 0 Å². The van der Waals surface area contributed by atoms with Crippen LogP contribution >= 0.6 is 23.4 Å². The van der Waals surface area contributed by atoms with Gasteiger partial charge >= 0.3 is 0 Å². The second-order valence-corrected chi connectivity index (χ2v) is 8.29. The van der Waals surface area contributed by atoms with Crippen molar-refractivity contribution in [1.82, 2.24) is 15.5 Å². The van der Waals surface area contributed by atoms with Crippen molar-refractivity contribution in [2.45, 2.75) is 11.8 Å². The van der Waals surface area contributed by atoms with Crippen molar-refractivity contribution in [3.05, 3.63) is 95.0 Å². The monoisotopic (exact) mass is 478 g/mol. The van der Waals surface area contributed by atoms with Gasteiger partial charge in [-0.3, -0.25) is 9.59 Å². The van der Waals surface area contributed by atoms with Crippen molar-refractivity contribution in [1.29, 1.82) is 0 Å². The first-order valence-electron chi connectivity index (χ1n) is 10.0. The fraction of sp³-hybridized carbons (Fsp3) is 0.0833. The van der Waals surface area contributed by atoms with Crippen LogP contribution in [0.5, 0.6) is 0 Å². The Morgan fingerprint density at radius 2 is 1.64 bits per heavy atom. The molecule has 4 aromatic rings. The summed E-state index contributed by atoms with van der Waals surface area (Å²) in [7, 11) is 0. The quantitative estimate of drug-likeness (QED) is 0.344. The predicted molar refractivity (Wildman–Crippen MR) is 128 cm³/mol. The number of nitrogens with one attached hydrogen (secondary N) is 2. The van der Waals surface area contributed by atoms with Crippen LogP contribution in [-0.4, -0.2) is 27.8 Å². The molecule has 2 amide bonds. The van der Waals surface area contributed by atoms with Crippen molar-refractivity contribution in [2.75, 3.05) is 11.1 Å². The standard InChI is InChI=1S/C24H19ClN4O3S/c25-18-12-10-17(11-13-18)23-28-29-24(32-23)33-15-21(30)27-20-9-5-4-8-19(20)22(31)26-14-16-6-2-1-3-7-16/h1-13H,14-15H2,(H,26,31)(H,27,30). The van der Waals surface area contributed by atoms with Gasteiger partial charge in [0.05, 0.1) is 17.0 Å². The summed E-state index contributed by atoms with van der Waals surface area (Å²) in [5.74, 6) is -0.182. The number of amides is 2. The van der Waals surface area contributed by atoms with Gasteiger partial charge in [0.1, 0.15) is 0 Å². The molecule has 0 spiro atoms. The maximum absolute atomic E-state index is 12.6. The van der Waals surface area contributed by atoms with E-state index in [4.69, 9.17) is 16.0 Å². The van der Waals surface area contributed by atoms with E-state index in [1.165, 1.54) is 0 Å². The lowest BCUT2D eigenvalue weighted by atomic mass is 10.1. The molecule has 0 unspecified atom stereocenters. The fourth-order valence-electron chi connectivity index (χ4n) is 2.95. The van der Waals surface area contributed by atoms with Crippen LogP contribution in [0.25, 0.3) is 11.5 Å². The molecule has 2 N–H and O–H groups in total. The molecule has 0 fully saturated rings. The van der Waals surface area contributed by atoms with Crippen molar-refractivity contribution >= 4 is 40.9 Å². The van der Waals surface area contributed by atoms with Crippen LogP contribution in [0.15, 0.2) is 88.5 Å². The van der Waals surface area contributed by atoms with Gasteiger partial charge in [0, 0.05) is 17.1 Å². The summed E-state index contributed by atoms with van der Waals surface area (Å²) >= 11 is 7.00. The number of rotatable bonds is 8. The average Bonchev–Trinajstić information content (AvgIpc) is 3.32. The molecule has 4 rings (SSSR count). The Balaban J connectivity index is 1.33. The van der Waals surface area contributed by atoms with Crippen LogP contribution in [0.1, 0.15) is 15.9 Å². The number of carbonyl (C=O) groups is 2. The molecule has 33 heavy (non-hydrogen) atoms. The van der Waals surface area contributed by atoms with Crippen LogP contribution in [0, 0.1) is 0 Å². The van der Waals surface area contributed by atoms with Gasteiger partial charge in [-0.1, -0.05) is 65.8 Å². The number of benzene rings is 3. The van der Waals surface area contributed by atoms with Crippen molar-refractivity contribution in [3.63, 3.8) is 0 Å². The average molecular weight is 479 g/mol. The fourth-order valence-corrected chi connectivity index (χ4v) is 3.64. The Hall–Kier alpha value is -3.62. The highest BCUT2D eigenvalue weighted by Crippen LogP contribution is 2.24. The molecule has 0 aliphatic carbocycles. The number of hydrogen-bond donors (Lipinski definition) is 2. The highest BCUT2D eigenvalue weighted by atomic mass is 35.5. The van der Waals surface area contributed by atoms with E-state index in [-0.39, 0.29) is 22.8 Å². The van der Waals surface area contributed by atoms with E-state index in [9.17, 15) is 9.59 Å². The summed E-state index contributed by atoms with van der Waals surface area (Å²) in [6.07, 6.45) is 0. The van der Waals surface area contributed by atoms with E-state index in [1.807, 2.05) is 30.3 Å². The van der Waals surface area contributed by atoms with E-state index < -0.39 is 0 Å². The SMILES string of the molecule is O=C(CSc1nnc(-c2ccc(Cl)cc2)o1)Nc1ccccc1C(=O)NCc1ccccc1. The second kappa shape index (κ2) is 10.8. The third-order valence-corrected chi connectivity index (χ3v) is 5.64. The molecule has 166 valence electrons. The lowest BCUT2D eigenvalue weighted by Crippen LogP contribution is -2.25. The molecule has 7 nitrogen and oxygen atoms in total. The Morgan fingerprint density at radius 3 is 2.42 bits per heavy atom. The minimum atomic E-state index is -0.297. The Bertz CT molecular complexity index is 1250. The van der Waals surface area contributed by atoms with Crippen molar-refractivity contribution in [3.8, 4) is 11.5 Å². The first kappa shape index (κ1) is 22.6. The number of thioether (sulfide) groups is 1. The van der Waals surface area contributed by atoms with Crippen LogP contribution in [-0.2, 0) is 11.3 Å². The number of halogens is 1. The zero-order valence-electron chi connectivity index (χ0n) is 17.3. The first-order chi connectivity index (χ1) is 16.1. The van der Waals surface area contributed by atoms with Crippen LogP contribution in [0.4, 0.5) is 5.69 Å². The van der Waals surface area contributed by atoms with Gasteiger partial charge in [-0.05, 0) is 42.0 Å². The first-order valence-corrected chi connectivity index (χ1v) is 11.4. The van der Waals surface area contributed by atoms with Crippen LogP contribution < -0.4 is 10.6 Å². The van der Waals surface area contributed by atoms with E-state index in [2.05, 4.69) is 20.8 Å². The van der Waals surface area contributed by atoms with Gasteiger partial charge in [-0.25, -0.2) is 0 Å². The second-order valence-electron chi connectivity index (χ2n) is 6.93. The lowest BCUT2D eigenvalue weighted by Gasteiger charge is -2.11. The van der Waals surface area contributed by atoms with Gasteiger partial charge in [0.15, 0.2) is 0 Å². The molecule has 0 saturated carbocycles. The van der Waals surface area contributed by atoms with E-state index in [0.29, 0.717) is 28.7 Å². The smallest absolute Gasteiger partial charge is 0.277 e. The Morgan fingerprint density at radius 1 is 0.909 bits per heavy atom. The van der Waals surface area contributed by atoms with Gasteiger partial charge in [-0.15, -0.1) is 10.2 Å². The summed E-state index contributed by atoms with van der Waals surface area (Å²) in [6.45, 7) is 0.394. The van der Waals surface area contributed by atoms with Crippen LogP contribution in [0.2, 0.25) is 5.02 Å². The normalized spacial score (nSPS) is 10.6. The summed E-state index contributed by atoms with van der Waals surface area (Å²) in [5, 5.41) is 14.5. The van der Waals surface area contributed by atoms with Crippen molar-refractivity contribution in [2.24, 2.45) is 0 Å². The van der Waals surface area contributed by atoms with Crippen LogP contribution in [0.3, 0.4) is 0 Å². The zero-order valence-corrected chi connectivity index (χ0v) is 18.9. The largest absolute Gasteiger partial charge is 0.411 e. The summed E-state index contributed by atoms with van der Waals surface area (Å²) < 4.78 is 5.60. The number of carbonyl (C=O) groups excluding carboxylic acids is 2. The molecule has 0 radical (unpaired) electrons. The molecule has 0 aliphatic rings. The molecule has 0 aliphatic heterocycles. The number of hydrogen-bond acceptors (Lipinski definition) is 6. The molecule has 0 atom stereocenters. The van der Waals surface area contributed by atoms with E-state index in [1.54, 1.807) is 48.5 Å². The number of nitrogens with zero attached hydrogens (tertiary/aromatic N) is 2. The minimum absolute atomic E-state index is 0.0439. The van der Waals surface area contributed by atoms with E-state index in [0.717, 1.165) is 22.9 Å². The number of aromatic nitrogens is 2. The third-order valence-electron chi connectivity index (χ3n) is 4.57. The molecular weight excluding hydrogens is 460 g/mol. The predicted octanol–water partition coefficient (Wildman–Crippen LogP) is 5.05. The third kappa shape index (κ3) is 6.21. The molecule has 1 heterocycles. The maximum atomic E-state index is 12.6. The highest BCUT2D eigenvalue weighted by molar-refractivity contribution is 7.99. The van der Waals surface area contributed by atoms with Gasteiger partial charge in [0.2, 0.25) is 11.8 Å².